The zero-order valence-corrected chi connectivity index (χ0v) is 15.7. The van der Waals surface area contributed by atoms with E-state index in [1.807, 2.05) is 49.4 Å². The quantitative estimate of drug-likeness (QED) is 0.488. The predicted molar refractivity (Wildman–Crippen MR) is 106 cm³/mol. The van der Waals surface area contributed by atoms with E-state index >= 15 is 0 Å². The van der Waals surface area contributed by atoms with E-state index in [-0.39, 0.29) is 18.3 Å². The summed E-state index contributed by atoms with van der Waals surface area (Å²) in [4.78, 5) is 11.9. The number of hydrazone groups is 1. The number of nitrogens with one attached hydrogen (secondary N) is 1. The molecule has 5 nitrogen and oxygen atoms in total. The van der Waals surface area contributed by atoms with Gasteiger partial charge in [-0.1, -0.05) is 46.3 Å². The maximum absolute atomic E-state index is 11.9. The Bertz CT molecular complexity index is 986. The zero-order chi connectivity index (χ0) is 18.5. The lowest BCUT2D eigenvalue weighted by molar-refractivity contribution is -0.123. The molecule has 3 aromatic rings. The normalized spacial score (nSPS) is 11.0. The van der Waals surface area contributed by atoms with Crippen LogP contribution in [0.25, 0.3) is 10.8 Å². The van der Waals surface area contributed by atoms with Crippen molar-refractivity contribution in [3.63, 3.8) is 0 Å². The molecule has 2 N–H and O–H groups in total. The minimum atomic E-state index is -0.386. The number of amides is 1. The molecule has 0 spiro atoms. The largest absolute Gasteiger partial charge is 0.507 e. The van der Waals surface area contributed by atoms with Crippen LogP contribution in [0.4, 0.5) is 0 Å². The van der Waals surface area contributed by atoms with Gasteiger partial charge in [0.1, 0.15) is 11.5 Å². The van der Waals surface area contributed by atoms with Gasteiger partial charge in [-0.15, -0.1) is 0 Å². The third kappa shape index (κ3) is 4.21. The van der Waals surface area contributed by atoms with Crippen LogP contribution < -0.4 is 10.2 Å². The Balaban J connectivity index is 1.64. The lowest BCUT2D eigenvalue weighted by Gasteiger charge is -2.08. The van der Waals surface area contributed by atoms with Crippen LogP contribution in [0.15, 0.2) is 64.2 Å². The second-order valence-corrected chi connectivity index (χ2v) is 6.63. The molecular weight excluding hydrogens is 396 g/mol. The van der Waals surface area contributed by atoms with Gasteiger partial charge < -0.3 is 9.84 Å². The van der Waals surface area contributed by atoms with Crippen molar-refractivity contribution in [3.05, 3.63) is 70.2 Å². The molecule has 3 aromatic carbocycles. The highest BCUT2D eigenvalue weighted by atomic mass is 79.9. The molecule has 0 atom stereocenters. The number of carbonyl (C=O) groups is 1. The molecule has 0 saturated heterocycles. The van der Waals surface area contributed by atoms with E-state index < -0.39 is 0 Å². The van der Waals surface area contributed by atoms with Crippen molar-refractivity contribution in [3.8, 4) is 11.5 Å². The molecule has 0 bridgehead atoms. The van der Waals surface area contributed by atoms with Crippen molar-refractivity contribution in [2.45, 2.75) is 6.92 Å². The van der Waals surface area contributed by atoms with Gasteiger partial charge in [0, 0.05) is 10.0 Å². The van der Waals surface area contributed by atoms with Crippen LogP contribution in [0, 0.1) is 6.92 Å². The second kappa shape index (κ2) is 8.01. The van der Waals surface area contributed by atoms with E-state index in [0.29, 0.717) is 11.3 Å². The smallest absolute Gasteiger partial charge is 0.277 e. The number of carbonyl (C=O) groups excluding carboxylic acids is 1. The van der Waals surface area contributed by atoms with Crippen LogP contribution in [0.1, 0.15) is 11.1 Å². The van der Waals surface area contributed by atoms with E-state index in [1.54, 1.807) is 12.1 Å². The number of benzene rings is 3. The van der Waals surface area contributed by atoms with Gasteiger partial charge in [-0.2, -0.15) is 5.10 Å². The maximum Gasteiger partial charge on any atom is 0.277 e. The molecule has 0 unspecified atom stereocenters. The lowest BCUT2D eigenvalue weighted by Crippen LogP contribution is -2.24. The van der Waals surface area contributed by atoms with Gasteiger partial charge >= 0.3 is 0 Å². The number of aromatic hydroxyl groups is 1. The highest BCUT2D eigenvalue weighted by Crippen LogP contribution is 2.25. The maximum atomic E-state index is 11.9. The van der Waals surface area contributed by atoms with Crippen molar-refractivity contribution in [1.82, 2.24) is 5.43 Å². The van der Waals surface area contributed by atoms with E-state index in [2.05, 4.69) is 26.5 Å². The number of hydrogen-bond donors (Lipinski definition) is 2. The van der Waals surface area contributed by atoms with Crippen molar-refractivity contribution < 1.29 is 14.6 Å². The molecule has 26 heavy (non-hydrogen) atoms. The topological polar surface area (TPSA) is 70.9 Å². The van der Waals surface area contributed by atoms with Crippen LogP contribution in [-0.2, 0) is 4.79 Å². The summed E-state index contributed by atoms with van der Waals surface area (Å²) in [5.41, 5.74) is 3.89. The summed E-state index contributed by atoms with van der Waals surface area (Å²) < 4.78 is 6.44. The van der Waals surface area contributed by atoms with E-state index in [1.165, 1.54) is 6.21 Å². The summed E-state index contributed by atoms with van der Waals surface area (Å²) in [5.74, 6) is 0.353. The van der Waals surface area contributed by atoms with Crippen LogP contribution in [0.2, 0.25) is 0 Å². The van der Waals surface area contributed by atoms with Crippen LogP contribution in [0.3, 0.4) is 0 Å². The average molecular weight is 413 g/mol. The molecule has 0 fully saturated rings. The third-order valence-corrected chi connectivity index (χ3v) is 4.32. The fourth-order valence-corrected chi connectivity index (χ4v) is 3.01. The minimum absolute atomic E-state index is 0.100. The molecule has 6 heteroatoms. The number of ether oxygens (including phenoxy) is 1. The van der Waals surface area contributed by atoms with E-state index in [4.69, 9.17) is 4.74 Å². The third-order valence-electron chi connectivity index (χ3n) is 3.83. The molecule has 0 aliphatic rings. The van der Waals surface area contributed by atoms with Crippen LogP contribution in [-0.4, -0.2) is 23.8 Å². The first kappa shape index (κ1) is 17.9. The number of aryl methyl sites for hydroxylation is 1. The summed E-state index contributed by atoms with van der Waals surface area (Å²) in [6.07, 6.45) is 1.43. The average Bonchev–Trinajstić information content (AvgIpc) is 2.63. The minimum Gasteiger partial charge on any atom is -0.507 e. The van der Waals surface area contributed by atoms with Crippen LogP contribution >= 0.6 is 15.9 Å². The summed E-state index contributed by atoms with van der Waals surface area (Å²) >= 11 is 3.38. The molecular formula is C20H17BrN2O3. The molecule has 0 aliphatic heterocycles. The van der Waals surface area contributed by atoms with Gasteiger partial charge in [-0.25, -0.2) is 5.43 Å². The van der Waals surface area contributed by atoms with Crippen molar-refractivity contribution in [1.29, 1.82) is 0 Å². The van der Waals surface area contributed by atoms with Crippen molar-refractivity contribution >= 4 is 38.8 Å². The predicted octanol–water partition coefficient (Wildman–Crippen LogP) is 4.15. The second-order valence-electron chi connectivity index (χ2n) is 5.71. The molecule has 3 rings (SSSR count). The molecule has 0 radical (unpaired) electrons. The first-order valence-electron chi connectivity index (χ1n) is 7.96. The van der Waals surface area contributed by atoms with Crippen LogP contribution in [0.5, 0.6) is 11.5 Å². The Morgan fingerprint density at radius 1 is 1.23 bits per heavy atom. The van der Waals surface area contributed by atoms with Gasteiger partial charge in [-0.3, -0.25) is 4.79 Å². The number of fused-ring (bicyclic) bond motifs is 1. The van der Waals surface area contributed by atoms with Gasteiger partial charge in [0.15, 0.2) is 6.61 Å². The molecule has 0 aliphatic carbocycles. The van der Waals surface area contributed by atoms with Gasteiger partial charge in [0.25, 0.3) is 5.91 Å². The number of phenolic OH excluding ortho intramolecular Hbond substituents is 1. The monoisotopic (exact) mass is 412 g/mol. The Kier molecular flexibility index (Phi) is 5.53. The Morgan fingerprint density at radius 2 is 2.04 bits per heavy atom. The number of halogens is 1. The summed E-state index contributed by atoms with van der Waals surface area (Å²) in [7, 11) is 0. The van der Waals surface area contributed by atoms with E-state index in [9.17, 15) is 9.90 Å². The van der Waals surface area contributed by atoms with E-state index in [0.717, 1.165) is 20.8 Å². The fourth-order valence-electron chi connectivity index (χ4n) is 2.54. The summed E-state index contributed by atoms with van der Waals surface area (Å²) in [6, 6.07) is 16.6. The standard InChI is InChI=1S/C20H17BrN2O3/c1-13-10-15(21)7-9-19(13)26-12-20(25)23-22-11-17-16-5-3-2-4-14(16)6-8-18(17)24/h2-11,24H,12H2,1H3,(H,23,25). The summed E-state index contributed by atoms with van der Waals surface area (Å²) in [6.45, 7) is 1.75. The zero-order valence-electron chi connectivity index (χ0n) is 14.1. The SMILES string of the molecule is Cc1cc(Br)ccc1OCC(=O)NN=Cc1c(O)ccc2ccccc12. The van der Waals surface area contributed by atoms with Crippen molar-refractivity contribution in [2.24, 2.45) is 5.10 Å². The molecule has 132 valence electrons. The first-order valence-corrected chi connectivity index (χ1v) is 8.75. The summed E-state index contributed by atoms with van der Waals surface area (Å²) in [5, 5.41) is 15.8. The highest BCUT2D eigenvalue weighted by molar-refractivity contribution is 9.10. The Hall–Kier alpha value is -2.86. The van der Waals surface area contributed by atoms with Crippen molar-refractivity contribution in [2.75, 3.05) is 6.61 Å². The number of phenols is 1. The molecule has 0 saturated carbocycles. The number of hydrogen-bond acceptors (Lipinski definition) is 4. The Labute approximate surface area is 159 Å². The number of rotatable bonds is 5. The van der Waals surface area contributed by atoms with Gasteiger partial charge in [0.2, 0.25) is 0 Å². The molecule has 0 aromatic heterocycles. The van der Waals surface area contributed by atoms with Gasteiger partial charge in [0.05, 0.1) is 6.21 Å². The fraction of sp³-hybridized carbons (Fsp3) is 0.100. The first-order chi connectivity index (χ1) is 12.5. The highest BCUT2D eigenvalue weighted by Gasteiger charge is 2.06. The number of nitrogens with zero attached hydrogens (tertiary/aromatic N) is 1. The molecule has 0 heterocycles. The molecule has 1 amide bonds. The Morgan fingerprint density at radius 3 is 2.85 bits per heavy atom. The lowest BCUT2D eigenvalue weighted by atomic mass is 10.0. The van der Waals surface area contributed by atoms with Gasteiger partial charge in [-0.05, 0) is 47.5 Å².